The SMILES string of the molecule is Cc1ccc(C(C)C)c(OCc2nnc(SCC(=O)N[C@H]3CCCC[C@H]3C)n2N)c1. The standard InChI is InChI=1S/C22H33N5O2S/c1-14(2)17-10-9-15(3)11-19(17)29-12-20-25-26-22(27(20)23)30-13-21(28)24-18-8-6-5-7-16(18)4/h9-11,14,16,18H,5-8,12-13,23H2,1-4H3,(H,24,28)/t16-,18+/m1/s1. The minimum absolute atomic E-state index is 0.0147. The van der Waals surface area contributed by atoms with Gasteiger partial charge < -0.3 is 15.9 Å². The Morgan fingerprint density at radius 1 is 1.33 bits per heavy atom. The fourth-order valence-corrected chi connectivity index (χ4v) is 4.49. The Labute approximate surface area is 183 Å². The van der Waals surface area contributed by atoms with Gasteiger partial charge in [0, 0.05) is 6.04 Å². The maximum absolute atomic E-state index is 12.3. The van der Waals surface area contributed by atoms with Crippen molar-refractivity contribution in [1.82, 2.24) is 20.2 Å². The van der Waals surface area contributed by atoms with Gasteiger partial charge in [-0.1, -0.05) is 57.5 Å². The first-order chi connectivity index (χ1) is 14.3. The molecule has 1 fully saturated rings. The first kappa shape index (κ1) is 22.5. The molecule has 164 valence electrons. The number of nitrogens with two attached hydrogens (primary N) is 1. The smallest absolute Gasteiger partial charge is 0.230 e. The van der Waals surface area contributed by atoms with Crippen molar-refractivity contribution in [2.45, 2.75) is 77.1 Å². The molecule has 3 N–H and O–H groups in total. The van der Waals surface area contributed by atoms with Crippen LogP contribution in [0.3, 0.4) is 0 Å². The van der Waals surface area contributed by atoms with E-state index in [-0.39, 0.29) is 24.3 Å². The van der Waals surface area contributed by atoms with Crippen LogP contribution in [-0.2, 0) is 11.4 Å². The molecule has 0 spiro atoms. The van der Waals surface area contributed by atoms with Gasteiger partial charge in [-0.25, -0.2) is 4.68 Å². The average molecular weight is 432 g/mol. The number of nitrogens with zero attached hydrogens (tertiary/aromatic N) is 3. The molecule has 8 heteroatoms. The monoisotopic (exact) mass is 431 g/mol. The van der Waals surface area contributed by atoms with E-state index in [1.54, 1.807) is 0 Å². The number of amides is 1. The Bertz CT molecular complexity index is 867. The zero-order valence-corrected chi connectivity index (χ0v) is 19.2. The normalized spacial score (nSPS) is 19.1. The highest BCUT2D eigenvalue weighted by atomic mass is 32.2. The van der Waals surface area contributed by atoms with E-state index in [4.69, 9.17) is 10.6 Å². The zero-order chi connectivity index (χ0) is 21.7. The Kier molecular flexibility index (Phi) is 7.64. The van der Waals surface area contributed by atoms with Crippen LogP contribution < -0.4 is 15.9 Å². The molecule has 1 aromatic carbocycles. The van der Waals surface area contributed by atoms with Crippen LogP contribution in [0.4, 0.5) is 0 Å². The summed E-state index contributed by atoms with van der Waals surface area (Å²) in [6.45, 7) is 8.74. The van der Waals surface area contributed by atoms with Gasteiger partial charge in [-0.2, -0.15) is 0 Å². The molecule has 7 nitrogen and oxygen atoms in total. The first-order valence-corrected chi connectivity index (χ1v) is 11.7. The van der Waals surface area contributed by atoms with Gasteiger partial charge in [0.15, 0.2) is 5.82 Å². The van der Waals surface area contributed by atoms with Gasteiger partial charge in [0.1, 0.15) is 12.4 Å². The molecule has 1 heterocycles. The van der Waals surface area contributed by atoms with Crippen molar-refractivity contribution in [2.24, 2.45) is 5.92 Å². The van der Waals surface area contributed by atoms with Gasteiger partial charge in [0.2, 0.25) is 11.1 Å². The summed E-state index contributed by atoms with van der Waals surface area (Å²) in [6.07, 6.45) is 4.68. The molecule has 1 aliphatic carbocycles. The van der Waals surface area contributed by atoms with Crippen molar-refractivity contribution in [3.05, 3.63) is 35.2 Å². The third-order valence-corrected chi connectivity index (χ3v) is 6.62. The number of aromatic nitrogens is 3. The molecule has 3 rings (SSSR count). The molecule has 0 aliphatic heterocycles. The van der Waals surface area contributed by atoms with E-state index < -0.39 is 0 Å². The van der Waals surface area contributed by atoms with Gasteiger partial charge >= 0.3 is 0 Å². The molecule has 0 radical (unpaired) electrons. The number of hydrogen-bond donors (Lipinski definition) is 2. The molecule has 1 saturated carbocycles. The average Bonchev–Trinajstić information content (AvgIpc) is 3.06. The number of thioether (sulfide) groups is 1. The summed E-state index contributed by atoms with van der Waals surface area (Å²) in [6, 6.07) is 6.48. The Morgan fingerprint density at radius 2 is 2.10 bits per heavy atom. The molecule has 1 aromatic heterocycles. The second-order valence-corrected chi connectivity index (χ2v) is 9.42. The summed E-state index contributed by atoms with van der Waals surface area (Å²) in [4.78, 5) is 12.3. The summed E-state index contributed by atoms with van der Waals surface area (Å²) in [5, 5.41) is 11.9. The Hall–Kier alpha value is -2.22. The van der Waals surface area contributed by atoms with Gasteiger partial charge in [-0.05, 0) is 48.8 Å². The van der Waals surface area contributed by atoms with Crippen LogP contribution in [0.5, 0.6) is 5.75 Å². The van der Waals surface area contributed by atoms with E-state index in [9.17, 15) is 4.79 Å². The quantitative estimate of drug-likeness (QED) is 0.488. The van der Waals surface area contributed by atoms with E-state index in [1.165, 1.54) is 35.7 Å². The lowest BCUT2D eigenvalue weighted by atomic mass is 9.86. The fraction of sp³-hybridized carbons (Fsp3) is 0.591. The third kappa shape index (κ3) is 5.68. The van der Waals surface area contributed by atoms with Gasteiger partial charge in [0.25, 0.3) is 0 Å². The number of hydrogen-bond acceptors (Lipinski definition) is 6. The highest BCUT2D eigenvalue weighted by Gasteiger charge is 2.23. The molecule has 0 saturated heterocycles. The number of nitrogen functional groups attached to an aromatic ring is 1. The van der Waals surface area contributed by atoms with Crippen molar-refractivity contribution < 1.29 is 9.53 Å². The molecule has 1 aliphatic rings. The summed E-state index contributed by atoms with van der Waals surface area (Å²) < 4.78 is 7.41. The molecular formula is C22H33N5O2S. The van der Waals surface area contributed by atoms with Gasteiger partial charge in [0.05, 0.1) is 5.75 Å². The van der Waals surface area contributed by atoms with Crippen LogP contribution >= 0.6 is 11.8 Å². The van der Waals surface area contributed by atoms with Crippen LogP contribution in [0.25, 0.3) is 0 Å². The van der Waals surface area contributed by atoms with E-state index in [0.717, 1.165) is 23.3 Å². The summed E-state index contributed by atoms with van der Waals surface area (Å²) in [7, 11) is 0. The van der Waals surface area contributed by atoms with Crippen molar-refractivity contribution in [3.8, 4) is 5.75 Å². The number of carbonyl (C=O) groups is 1. The zero-order valence-electron chi connectivity index (χ0n) is 18.4. The van der Waals surface area contributed by atoms with E-state index in [1.807, 2.05) is 13.0 Å². The van der Waals surface area contributed by atoms with Crippen LogP contribution in [0.15, 0.2) is 23.4 Å². The van der Waals surface area contributed by atoms with Crippen LogP contribution in [0.1, 0.15) is 69.3 Å². The second kappa shape index (κ2) is 10.2. The maximum Gasteiger partial charge on any atom is 0.230 e. The minimum Gasteiger partial charge on any atom is -0.485 e. The van der Waals surface area contributed by atoms with Crippen molar-refractivity contribution in [2.75, 3.05) is 11.6 Å². The van der Waals surface area contributed by atoms with Crippen LogP contribution in [0, 0.1) is 12.8 Å². The second-order valence-electron chi connectivity index (χ2n) is 8.48. The first-order valence-electron chi connectivity index (χ1n) is 10.7. The van der Waals surface area contributed by atoms with E-state index >= 15 is 0 Å². The van der Waals surface area contributed by atoms with Crippen LogP contribution in [-0.4, -0.2) is 32.6 Å². The number of nitrogens with one attached hydrogen (secondary N) is 1. The van der Waals surface area contributed by atoms with E-state index in [0.29, 0.717) is 22.8 Å². The van der Waals surface area contributed by atoms with Crippen molar-refractivity contribution in [3.63, 3.8) is 0 Å². The van der Waals surface area contributed by atoms with Gasteiger partial charge in [-0.3, -0.25) is 4.79 Å². The van der Waals surface area contributed by atoms with Crippen molar-refractivity contribution >= 4 is 17.7 Å². The lowest BCUT2D eigenvalue weighted by Gasteiger charge is -2.29. The lowest BCUT2D eigenvalue weighted by molar-refractivity contribution is -0.119. The van der Waals surface area contributed by atoms with Crippen molar-refractivity contribution in [1.29, 1.82) is 0 Å². The summed E-state index contributed by atoms with van der Waals surface area (Å²) in [5.41, 5.74) is 2.28. The Morgan fingerprint density at radius 3 is 2.83 bits per heavy atom. The molecule has 1 amide bonds. The Balaban J connectivity index is 1.55. The summed E-state index contributed by atoms with van der Waals surface area (Å²) in [5.74, 6) is 8.68. The lowest BCUT2D eigenvalue weighted by Crippen LogP contribution is -2.41. The predicted molar refractivity (Wildman–Crippen MR) is 120 cm³/mol. The topological polar surface area (TPSA) is 95.1 Å². The number of benzene rings is 1. The predicted octanol–water partition coefficient (Wildman–Crippen LogP) is 3.79. The molecular weight excluding hydrogens is 398 g/mol. The maximum atomic E-state index is 12.3. The highest BCUT2D eigenvalue weighted by molar-refractivity contribution is 7.99. The molecule has 0 unspecified atom stereocenters. The minimum atomic E-state index is 0.0147. The number of rotatable bonds is 8. The summed E-state index contributed by atoms with van der Waals surface area (Å²) >= 11 is 1.29. The third-order valence-electron chi connectivity index (χ3n) is 5.67. The molecule has 0 bridgehead atoms. The molecule has 30 heavy (non-hydrogen) atoms. The molecule has 2 atom stereocenters. The van der Waals surface area contributed by atoms with Gasteiger partial charge in [-0.15, -0.1) is 10.2 Å². The van der Waals surface area contributed by atoms with Crippen LogP contribution in [0.2, 0.25) is 0 Å². The largest absolute Gasteiger partial charge is 0.485 e. The number of aryl methyl sites for hydroxylation is 1. The highest BCUT2D eigenvalue weighted by Crippen LogP contribution is 2.28. The van der Waals surface area contributed by atoms with E-state index in [2.05, 4.69) is 48.4 Å². The number of carbonyl (C=O) groups excluding carboxylic acids is 1. The molecule has 2 aromatic rings. The fourth-order valence-electron chi connectivity index (χ4n) is 3.80. The number of ether oxygens (including phenoxy) is 1.